The molecule has 0 aromatic heterocycles. The van der Waals surface area contributed by atoms with Gasteiger partial charge in [-0.1, -0.05) is 23.4 Å². The molecule has 1 atom stereocenters. The fourth-order valence-corrected chi connectivity index (χ4v) is 3.60. The van der Waals surface area contributed by atoms with Crippen LogP contribution in [0.25, 0.3) is 0 Å². The number of alkyl halides is 3. The third-order valence-electron chi connectivity index (χ3n) is 5.14. The molecule has 1 unspecified atom stereocenters. The molecule has 2 aliphatic heterocycles. The van der Waals surface area contributed by atoms with Crippen LogP contribution in [-0.2, 0) is 22.2 Å². The van der Waals surface area contributed by atoms with Crippen molar-refractivity contribution in [2.75, 3.05) is 21.0 Å². The topological polar surface area (TPSA) is 100.0 Å². The van der Waals surface area contributed by atoms with Gasteiger partial charge in [0.05, 0.1) is 26.0 Å². The normalized spacial score (nSPS) is 16.9. The number of fused-ring (bicyclic) bond motifs is 1. The van der Waals surface area contributed by atoms with Gasteiger partial charge in [-0.05, 0) is 12.1 Å². The van der Waals surface area contributed by atoms with Gasteiger partial charge in [0, 0.05) is 24.0 Å². The highest BCUT2D eigenvalue weighted by molar-refractivity contribution is 6.39. The van der Waals surface area contributed by atoms with E-state index in [9.17, 15) is 18.0 Å². The number of oxime groups is 1. The molecule has 2 aromatic rings. The highest BCUT2D eigenvalue weighted by Crippen LogP contribution is 2.50. The van der Waals surface area contributed by atoms with Gasteiger partial charge in [-0.3, -0.25) is 4.79 Å². The zero-order valence-electron chi connectivity index (χ0n) is 18.1. The van der Waals surface area contributed by atoms with Crippen molar-refractivity contribution in [3.05, 3.63) is 47.0 Å². The van der Waals surface area contributed by atoms with E-state index in [0.29, 0.717) is 35.0 Å². The lowest BCUT2D eigenvalue weighted by Gasteiger charge is -2.15. The van der Waals surface area contributed by atoms with Gasteiger partial charge < -0.3 is 23.8 Å². The summed E-state index contributed by atoms with van der Waals surface area (Å²) >= 11 is 0. The summed E-state index contributed by atoms with van der Waals surface area (Å²) in [6.45, 7) is 0.0346. The number of rotatable bonds is 7. The van der Waals surface area contributed by atoms with Crippen molar-refractivity contribution in [1.82, 2.24) is 5.43 Å². The number of nitrogens with zero attached hydrogens (tertiary/aromatic N) is 2. The van der Waals surface area contributed by atoms with Gasteiger partial charge in [0.25, 0.3) is 5.91 Å². The number of carbonyl (C=O) groups excluding carboxylic acids is 1. The van der Waals surface area contributed by atoms with Crippen LogP contribution in [0.3, 0.4) is 0 Å². The molecule has 4 rings (SSSR count). The highest BCUT2D eigenvalue weighted by atomic mass is 19.4. The Balaban J connectivity index is 1.39. The molecule has 0 saturated carbocycles. The fraction of sp³-hybridized carbons (Fsp3) is 0.318. The van der Waals surface area contributed by atoms with Crippen molar-refractivity contribution in [3.63, 3.8) is 0 Å². The standard InChI is InChI=1S/C22H20F3N3O6/c1-30-17-8-13(18(31-2)20-19(17)32-11-33-20)7-14-9-16(28-34-14)21(29)27-26-10-12-5-3-4-6-15(12)22(23,24)25/h3-6,8,10,14H,7,9,11H2,1-2H3,(H,27,29). The number of amides is 1. The van der Waals surface area contributed by atoms with E-state index in [-0.39, 0.29) is 24.5 Å². The summed E-state index contributed by atoms with van der Waals surface area (Å²) in [4.78, 5) is 17.7. The van der Waals surface area contributed by atoms with E-state index < -0.39 is 23.8 Å². The lowest BCUT2D eigenvalue weighted by Crippen LogP contribution is -2.27. The number of hydrazone groups is 1. The summed E-state index contributed by atoms with van der Waals surface area (Å²) in [5.41, 5.74) is 1.90. The number of nitrogens with one attached hydrogen (secondary N) is 1. The third kappa shape index (κ3) is 4.70. The highest BCUT2D eigenvalue weighted by Gasteiger charge is 2.33. The van der Waals surface area contributed by atoms with E-state index in [2.05, 4.69) is 15.7 Å². The molecule has 34 heavy (non-hydrogen) atoms. The van der Waals surface area contributed by atoms with Crippen LogP contribution in [-0.4, -0.2) is 44.9 Å². The second-order valence-corrected chi connectivity index (χ2v) is 7.29. The van der Waals surface area contributed by atoms with Crippen LogP contribution >= 0.6 is 0 Å². The molecule has 2 heterocycles. The first-order chi connectivity index (χ1) is 16.3. The van der Waals surface area contributed by atoms with Gasteiger partial charge in [0.2, 0.25) is 18.3 Å². The Bertz CT molecular complexity index is 1150. The molecule has 0 fully saturated rings. The van der Waals surface area contributed by atoms with E-state index in [1.807, 2.05) is 0 Å². The minimum absolute atomic E-state index is 0.0346. The summed E-state index contributed by atoms with van der Waals surface area (Å²) in [6, 6.07) is 6.63. The predicted octanol–water partition coefficient (Wildman–Crippen LogP) is 3.29. The Kier molecular flexibility index (Phi) is 6.48. The van der Waals surface area contributed by atoms with Crippen molar-refractivity contribution in [3.8, 4) is 23.0 Å². The summed E-state index contributed by atoms with van der Waals surface area (Å²) in [6.07, 6.45) is -3.63. The Morgan fingerprint density at radius 1 is 1.24 bits per heavy atom. The lowest BCUT2D eigenvalue weighted by atomic mass is 10.0. The van der Waals surface area contributed by atoms with Gasteiger partial charge >= 0.3 is 6.18 Å². The van der Waals surface area contributed by atoms with E-state index >= 15 is 0 Å². The van der Waals surface area contributed by atoms with Gasteiger partial charge in [-0.2, -0.15) is 18.3 Å². The number of halogens is 3. The van der Waals surface area contributed by atoms with Crippen molar-refractivity contribution < 1.29 is 41.8 Å². The van der Waals surface area contributed by atoms with Gasteiger partial charge in [0.15, 0.2) is 11.5 Å². The maximum atomic E-state index is 13.1. The van der Waals surface area contributed by atoms with Gasteiger partial charge in [-0.15, -0.1) is 0 Å². The molecular weight excluding hydrogens is 459 g/mol. The third-order valence-corrected chi connectivity index (χ3v) is 5.14. The minimum Gasteiger partial charge on any atom is -0.493 e. The van der Waals surface area contributed by atoms with Crippen LogP contribution in [0.4, 0.5) is 13.2 Å². The Hall–Kier alpha value is -3.96. The fourth-order valence-electron chi connectivity index (χ4n) is 3.60. The molecule has 180 valence electrons. The maximum absolute atomic E-state index is 13.1. The number of ether oxygens (including phenoxy) is 4. The van der Waals surface area contributed by atoms with Crippen LogP contribution in [0.2, 0.25) is 0 Å². The Morgan fingerprint density at radius 2 is 2.00 bits per heavy atom. The molecule has 2 aliphatic rings. The molecular formula is C22H20F3N3O6. The molecule has 0 aliphatic carbocycles. The monoisotopic (exact) mass is 479 g/mol. The first kappa shape index (κ1) is 23.2. The SMILES string of the molecule is COc1cc(CC2CC(C(=O)NN=Cc3ccccc3C(F)(F)F)=NO2)c(OC)c2c1OCO2. The van der Waals surface area contributed by atoms with Gasteiger partial charge in [-0.25, -0.2) is 5.43 Å². The van der Waals surface area contributed by atoms with Crippen molar-refractivity contribution in [1.29, 1.82) is 0 Å². The van der Waals surface area contributed by atoms with Crippen LogP contribution in [0.1, 0.15) is 23.1 Å². The number of methoxy groups -OCH3 is 2. The van der Waals surface area contributed by atoms with Gasteiger partial charge in [0.1, 0.15) is 11.8 Å². The first-order valence-corrected chi connectivity index (χ1v) is 10.1. The number of carbonyl (C=O) groups is 1. The average Bonchev–Trinajstić information content (AvgIpc) is 3.48. The second kappa shape index (κ2) is 9.49. The molecule has 0 radical (unpaired) electrons. The second-order valence-electron chi connectivity index (χ2n) is 7.29. The van der Waals surface area contributed by atoms with E-state index in [4.69, 9.17) is 23.8 Å². The van der Waals surface area contributed by atoms with Crippen LogP contribution in [0.15, 0.2) is 40.6 Å². The zero-order valence-corrected chi connectivity index (χ0v) is 18.1. The molecule has 0 bridgehead atoms. The number of benzene rings is 2. The van der Waals surface area contributed by atoms with Crippen LogP contribution < -0.4 is 24.4 Å². The Morgan fingerprint density at radius 3 is 2.74 bits per heavy atom. The van der Waals surface area contributed by atoms with E-state index in [1.165, 1.54) is 32.4 Å². The van der Waals surface area contributed by atoms with Crippen molar-refractivity contribution in [2.45, 2.75) is 25.1 Å². The molecule has 9 nitrogen and oxygen atoms in total. The quantitative estimate of drug-likeness (QED) is 0.483. The molecule has 1 amide bonds. The largest absolute Gasteiger partial charge is 0.493 e. The zero-order chi connectivity index (χ0) is 24.3. The van der Waals surface area contributed by atoms with Crippen molar-refractivity contribution in [2.24, 2.45) is 10.3 Å². The van der Waals surface area contributed by atoms with Crippen molar-refractivity contribution >= 4 is 17.8 Å². The minimum atomic E-state index is -4.54. The lowest BCUT2D eigenvalue weighted by molar-refractivity contribution is -0.137. The maximum Gasteiger partial charge on any atom is 0.417 e. The molecule has 12 heteroatoms. The van der Waals surface area contributed by atoms with E-state index in [0.717, 1.165) is 12.3 Å². The molecule has 2 aromatic carbocycles. The molecule has 0 spiro atoms. The smallest absolute Gasteiger partial charge is 0.417 e. The summed E-state index contributed by atoms with van der Waals surface area (Å²) in [7, 11) is 2.99. The summed E-state index contributed by atoms with van der Waals surface area (Å²) in [5.74, 6) is 1.11. The van der Waals surface area contributed by atoms with E-state index in [1.54, 1.807) is 6.07 Å². The summed E-state index contributed by atoms with van der Waals surface area (Å²) in [5, 5.41) is 7.42. The number of hydrogen-bond acceptors (Lipinski definition) is 8. The molecule has 0 saturated heterocycles. The Labute approximate surface area is 192 Å². The summed E-state index contributed by atoms with van der Waals surface area (Å²) < 4.78 is 60.9. The molecule has 1 N–H and O–H groups in total. The van der Waals surface area contributed by atoms with Crippen LogP contribution in [0, 0.1) is 0 Å². The first-order valence-electron chi connectivity index (χ1n) is 10.1. The average molecular weight is 479 g/mol. The predicted molar refractivity (Wildman–Crippen MR) is 113 cm³/mol. The number of hydrogen-bond donors (Lipinski definition) is 1. The van der Waals surface area contributed by atoms with Crippen LogP contribution in [0.5, 0.6) is 23.0 Å².